The minimum Gasteiger partial charge on any atom is -0.503 e. The highest BCUT2D eigenvalue weighted by molar-refractivity contribution is 6.31. The van der Waals surface area contributed by atoms with Gasteiger partial charge < -0.3 is 14.4 Å². The van der Waals surface area contributed by atoms with Crippen LogP contribution in [0.1, 0.15) is 27.9 Å². The smallest absolute Gasteiger partial charge is 0.290 e. The number of fused-ring (bicyclic) bond motifs is 1. The number of aliphatic hydroxyl groups excluding tert-OH is 1. The van der Waals surface area contributed by atoms with Crippen molar-refractivity contribution in [1.82, 2.24) is 14.9 Å². The number of pyridine rings is 2. The van der Waals surface area contributed by atoms with Crippen LogP contribution in [0.15, 0.2) is 88.9 Å². The van der Waals surface area contributed by atoms with Gasteiger partial charge >= 0.3 is 0 Å². The van der Waals surface area contributed by atoms with Gasteiger partial charge in [0.05, 0.1) is 23.9 Å². The summed E-state index contributed by atoms with van der Waals surface area (Å²) in [5.41, 5.74) is 1.62. The van der Waals surface area contributed by atoms with E-state index in [0.29, 0.717) is 27.2 Å². The zero-order valence-corrected chi connectivity index (χ0v) is 17.4. The summed E-state index contributed by atoms with van der Waals surface area (Å²) < 4.78 is 5.71. The average molecular weight is 446 g/mol. The Morgan fingerprint density at radius 2 is 2.00 bits per heavy atom. The van der Waals surface area contributed by atoms with E-state index in [4.69, 9.17) is 16.0 Å². The second-order valence-corrected chi connectivity index (χ2v) is 7.76. The summed E-state index contributed by atoms with van der Waals surface area (Å²) in [7, 11) is 0. The molecular weight excluding hydrogens is 430 g/mol. The molecule has 0 saturated heterocycles. The summed E-state index contributed by atoms with van der Waals surface area (Å²) in [4.78, 5) is 36.3. The van der Waals surface area contributed by atoms with Gasteiger partial charge in [-0.05, 0) is 48.0 Å². The summed E-state index contributed by atoms with van der Waals surface area (Å²) in [5, 5.41) is 11.9. The van der Waals surface area contributed by atoms with Crippen LogP contribution in [0.3, 0.4) is 0 Å². The molecule has 1 atom stereocenters. The van der Waals surface area contributed by atoms with Gasteiger partial charge in [-0.3, -0.25) is 19.6 Å². The number of hydrogen-bond acceptors (Lipinski definition) is 6. The Hall–Kier alpha value is -3.97. The number of furan rings is 1. The quantitative estimate of drug-likeness (QED) is 0.449. The Morgan fingerprint density at radius 1 is 1.12 bits per heavy atom. The molecule has 158 valence electrons. The number of ketones is 1. The van der Waals surface area contributed by atoms with Crippen molar-refractivity contribution in [1.29, 1.82) is 0 Å². The molecule has 0 fully saturated rings. The van der Waals surface area contributed by atoms with E-state index in [1.807, 2.05) is 0 Å². The molecule has 8 heteroatoms. The number of amides is 1. The van der Waals surface area contributed by atoms with Gasteiger partial charge in [-0.25, -0.2) is 0 Å². The highest BCUT2D eigenvalue weighted by Gasteiger charge is 2.44. The fraction of sp³-hybridized carbons (Fsp3) is 0.0833. The van der Waals surface area contributed by atoms with Crippen molar-refractivity contribution < 1.29 is 19.1 Å². The fourth-order valence-electron chi connectivity index (χ4n) is 3.86. The van der Waals surface area contributed by atoms with Crippen LogP contribution in [0.25, 0.3) is 11.0 Å². The van der Waals surface area contributed by atoms with Crippen LogP contribution < -0.4 is 0 Å². The molecule has 7 nitrogen and oxygen atoms in total. The number of Topliss-reactive ketones (excluding diaryl/α,β-unsaturated/α-hetero) is 1. The third-order valence-electron chi connectivity index (χ3n) is 5.31. The topological polar surface area (TPSA) is 96.5 Å². The van der Waals surface area contributed by atoms with E-state index in [-0.39, 0.29) is 17.9 Å². The zero-order chi connectivity index (χ0) is 22.2. The van der Waals surface area contributed by atoms with Gasteiger partial charge in [0.1, 0.15) is 5.58 Å². The largest absolute Gasteiger partial charge is 0.503 e. The second-order valence-electron chi connectivity index (χ2n) is 7.33. The van der Waals surface area contributed by atoms with Gasteiger partial charge in [0, 0.05) is 29.0 Å². The first-order valence-electron chi connectivity index (χ1n) is 9.80. The summed E-state index contributed by atoms with van der Waals surface area (Å²) in [6, 6.07) is 14.5. The molecule has 0 saturated carbocycles. The lowest BCUT2D eigenvalue weighted by Gasteiger charge is -2.26. The van der Waals surface area contributed by atoms with Gasteiger partial charge in [-0.2, -0.15) is 0 Å². The number of nitrogens with zero attached hydrogens (tertiary/aromatic N) is 3. The normalized spacial score (nSPS) is 16.2. The number of aliphatic hydroxyl groups is 1. The van der Waals surface area contributed by atoms with E-state index >= 15 is 0 Å². The number of rotatable bonds is 5. The van der Waals surface area contributed by atoms with Crippen molar-refractivity contribution in [2.45, 2.75) is 12.6 Å². The van der Waals surface area contributed by atoms with Gasteiger partial charge in [0.25, 0.3) is 5.91 Å². The van der Waals surface area contributed by atoms with Crippen molar-refractivity contribution in [2.24, 2.45) is 0 Å². The summed E-state index contributed by atoms with van der Waals surface area (Å²) in [6.45, 7) is 0.107. The third-order valence-corrected chi connectivity index (χ3v) is 5.54. The first kappa shape index (κ1) is 20.0. The van der Waals surface area contributed by atoms with Crippen molar-refractivity contribution >= 4 is 34.3 Å². The Morgan fingerprint density at radius 3 is 2.75 bits per heavy atom. The first-order valence-corrected chi connectivity index (χ1v) is 10.2. The molecule has 0 spiro atoms. The lowest BCUT2D eigenvalue weighted by Crippen LogP contribution is -2.31. The molecule has 1 aliphatic heterocycles. The van der Waals surface area contributed by atoms with Crippen LogP contribution in [-0.2, 0) is 11.3 Å². The number of carbonyl (C=O) groups is 2. The molecule has 1 N–H and O–H groups in total. The van der Waals surface area contributed by atoms with E-state index in [9.17, 15) is 14.7 Å². The predicted octanol–water partition coefficient (Wildman–Crippen LogP) is 4.65. The van der Waals surface area contributed by atoms with Crippen LogP contribution in [0, 0.1) is 0 Å². The summed E-state index contributed by atoms with van der Waals surface area (Å²) in [5.74, 6) is -1.85. The number of halogens is 1. The van der Waals surface area contributed by atoms with Crippen LogP contribution in [0.5, 0.6) is 0 Å². The fourth-order valence-corrected chi connectivity index (χ4v) is 4.04. The maximum Gasteiger partial charge on any atom is 0.290 e. The monoisotopic (exact) mass is 445 g/mol. The number of benzene rings is 1. The SMILES string of the molecule is O=C(C1=C(O)C(=O)N(Cc2ccccn2)C1c1cccnc1)c1cc2cc(Cl)ccc2o1. The van der Waals surface area contributed by atoms with Gasteiger partial charge in [-0.15, -0.1) is 0 Å². The molecule has 1 unspecified atom stereocenters. The lowest BCUT2D eigenvalue weighted by molar-refractivity contribution is -0.130. The summed E-state index contributed by atoms with van der Waals surface area (Å²) >= 11 is 6.04. The highest BCUT2D eigenvalue weighted by Crippen LogP contribution is 2.40. The van der Waals surface area contributed by atoms with E-state index in [2.05, 4.69) is 9.97 Å². The lowest BCUT2D eigenvalue weighted by atomic mass is 9.96. The van der Waals surface area contributed by atoms with Crippen molar-refractivity contribution in [3.8, 4) is 0 Å². The zero-order valence-electron chi connectivity index (χ0n) is 16.6. The highest BCUT2D eigenvalue weighted by atomic mass is 35.5. The minimum absolute atomic E-state index is 0.00481. The van der Waals surface area contributed by atoms with Crippen molar-refractivity contribution in [3.05, 3.63) is 107 Å². The van der Waals surface area contributed by atoms with E-state index in [1.165, 1.54) is 4.90 Å². The van der Waals surface area contributed by atoms with E-state index in [0.717, 1.165) is 0 Å². The van der Waals surface area contributed by atoms with Crippen LogP contribution >= 0.6 is 11.6 Å². The second kappa shape index (κ2) is 7.94. The van der Waals surface area contributed by atoms with E-state index in [1.54, 1.807) is 73.2 Å². The molecular formula is C24H16ClN3O4. The van der Waals surface area contributed by atoms with Crippen LogP contribution in [0.2, 0.25) is 5.02 Å². The molecule has 4 aromatic rings. The molecule has 1 aliphatic rings. The van der Waals surface area contributed by atoms with Gasteiger partial charge in [0.15, 0.2) is 11.5 Å². The molecule has 1 amide bonds. The van der Waals surface area contributed by atoms with E-state index < -0.39 is 23.5 Å². The Bertz CT molecular complexity index is 1370. The molecule has 3 aromatic heterocycles. The molecule has 4 heterocycles. The molecule has 0 radical (unpaired) electrons. The number of carbonyl (C=O) groups excluding carboxylic acids is 2. The number of hydrogen-bond donors (Lipinski definition) is 1. The Labute approximate surface area is 187 Å². The maximum absolute atomic E-state index is 13.5. The predicted molar refractivity (Wildman–Crippen MR) is 117 cm³/mol. The van der Waals surface area contributed by atoms with Gasteiger partial charge in [0.2, 0.25) is 5.78 Å². The van der Waals surface area contributed by atoms with Crippen LogP contribution in [-0.4, -0.2) is 31.7 Å². The average Bonchev–Trinajstić information content (AvgIpc) is 3.34. The van der Waals surface area contributed by atoms with Gasteiger partial charge in [-0.1, -0.05) is 23.7 Å². The minimum atomic E-state index is -0.845. The van der Waals surface area contributed by atoms with Crippen molar-refractivity contribution in [3.63, 3.8) is 0 Å². The Balaban J connectivity index is 1.59. The molecule has 32 heavy (non-hydrogen) atoms. The third kappa shape index (κ3) is 3.42. The number of aromatic nitrogens is 2. The standard InChI is InChI=1S/C24H16ClN3O4/c25-16-6-7-18-15(10-16)11-19(32-18)22(29)20-21(14-4-3-8-26-12-14)28(24(31)23(20)30)13-17-5-1-2-9-27-17/h1-12,21,30H,13H2. The summed E-state index contributed by atoms with van der Waals surface area (Å²) in [6.07, 6.45) is 4.78. The Kier molecular flexibility index (Phi) is 4.95. The molecule has 0 aliphatic carbocycles. The molecule has 5 rings (SSSR count). The molecule has 0 bridgehead atoms. The van der Waals surface area contributed by atoms with Crippen LogP contribution in [0.4, 0.5) is 0 Å². The first-order chi connectivity index (χ1) is 15.5. The molecule has 1 aromatic carbocycles. The maximum atomic E-state index is 13.5. The van der Waals surface area contributed by atoms with Crippen molar-refractivity contribution in [2.75, 3.05) is 0 Å².